The number of hydrogen-bond donors (Lipinski definition) is 2. The number of hydrogen-bond acceptors (Lipinski definition) is 2. The summed E-state index contributed by atoms with van der Waals surface area (Å²) in [5.41, 5.74) is 8.98. The molecule has 0 saturated carbocycles. The SMILES string of the molecule is Cc1ccc(CO)cc1C(C)N. The molecular weight excluding hydrogens is 150 g/mol. The van der Waals surface area contributed by atoms with Crippen LogP contribution in [0.4, 0.5) is 0 Å². The van der Waals surface area contributed by atoms with Gasteiger partial charge in [-0.3, -0.25) is 0 Å². The van der Waals surface area contributed by atoms with E-state index in [0.29, 0.717) is 0 Å². The Morgan fingerprint density at radius 1 is 1.50 bits per heavy atom. The van der Waals surface area contributed by atoms with Crippen molar-refractivity contribution >= 4 is 0 Å². The topological polar surface area (TPSA) is 46.2 Å². The van der Waals surface area contributed by atoms with Crippen molar-refractivity contribution < 1.29 is 5.11 Å². The molecule has 1 atom stereocenters. The molecule has 0 fully saturated rings. The highest BCUT2D eigenvalue weighted by atomic mass is 16.3. The van der Waals surface area contributed by atoms with Crippen molar-refractivity contribution in [1.82, 2.24) is 0 Å². The zero-order valence-corrected chi connectivity index (χ0v) is 7.54. The van der Waals surface area contributed by atoms with Gasteiger partial charge in [0.2, 0.25) is 0 Å². The maximum Gasteiger partial charge on any atom is 0.0681 e. The molecule has 0 heterocycles. The number of aliphatic hydroxyl groups is 1. The van der Waals surface area contributed by atoms with E-state index in [0.717, 1.165) is 11.1 Å². The molecule has 0 spiro atoms. The summed E-state index contributed by atoms with van der Waals surface area (Å²) in [6.07, 6.45) is 0. The van der Waals surface area contributed by atoms with Crippen LogP contribution >= 0.6 is 0 Å². The first-order chi connectivity index (χ1) is 5.65. The molecule has 0 aliphatic rings. The molecular formula is C10H15NO. The van der Waals surface area contributed by atoms with Gasteiger partial charge in [0.15, 0.2) is 0 Å². The van der Waals surface area contributed by atoms with Crippen molar-refractivity contribution in [2.75, 3.05) is 0 Å². The zero-order valence-electron chi connectivity index (χ0n) is 7.54. The molecule has 2 heteroatoms. The maximum absolute atomic E-state index is 8.89. The van der Waals surface area contributed by atoms with Gasteiger partial charge in [0, 0.05) is 6.04 Å². The molecule has 66 valence electrons. The van der Waals surface area contributed by atoms with E-state index in [1.165, 1.54) is 5.56 Å². The number of nitrogens with two attached hydrogens (primary N) is 1. The van der Waals surface area contributed by atoms with E-state index in [2.05, 4.69) is 0 Å². The van der Waals surface area contributed by atoms with Crippen molar-refractivity contribution in [1.29, 1.82) is 0 Å². The van der Waals surface area contributed by atoms with Crippen LogP contribution < -0.4 is 5.73 Å². The number of benzene rings is 1. The van der Waals surface area contributed by atoms with Gasteiger partial charge >= 0.3 is 0 Å². The van der Waals surface area contributed by atoms with E-state index in [-0.39, 0.29) is 12.6 Å². The Balaban J connectivity index is 3.08. The third-order valence-corrected chi connectivity index (χ3v) is 2.02. The van der Waals surface area contributed by atoms with Crippen LogP contribution in [0.25, 0.3) is 0 Å². The molecule has 1 rings (SSSR count). The largest absolute Gasteiger partial charge is 0.392 e. The molecule has 1 aromatic carbocycles. The fraction of sp³-hybridized carbons (Fsp3) is 0.400. The highest BCUT2D eigenvalue weighted by Crippen LogP contribution is 2.16. The number of aliphatic hydroxyl groups excluding tert-OH is 1. The van der Waals surface area contributed by atoms with E-state index in [9.17, 15) is 0 Å². The molecule has 3 N–H and O–H groups in total. The van der Waals surface area contributed by atoms with Crippen LogP contribution in [0, 0.1) is 6.92 Å². The Labute approximate surface area is 73.0 Å². The van der Waals surface area contributed by atoms with Crippen LogP contribution in [0.3, 0.4) is 0 Å². The van der Waals surface area contributed by atoms with Gasteiger partial charge in [0.25, 0.3) is 0 Å². The summed E-state index contributed by atoms with van der Waals surface area (Å²) >= 11 is 0. The predicted molar refractivity (Wildman–Crippen MR) is 49.7 cm³/mol. The minimum atomic E-state index is 0.0384. The summed E-state index contributed by atoms with van der Waals surface area (Å²) in [4.78, 5) is 0. The minimum Gasteiger partial charge on any atom is -0.392 e. The summed E-state index contributed by atoms with van der Waals surface area (Å²) in [5.74, 6) is 0. The van der Waals surface area contributed by atoms with Crippen molar-refractivity contribution in [3.8, 4) is 0 Å². The third-order valence-electron chi connectivity index (χ3n) is 2.02. The Kier molecular flexibility index (Phi) is 2.84. The monoisotopic (exact) mass is 165 g/mol. The highest BCUT2D eigenvalue weighted by Gasteiger charge is 2.03. The molecule has 0 amide bonds. The van der Waals surface area contributed by atoms with E-state index < -0.39 is 0 Å². The average Bonchev–Trinajstić information content (AvgIpc) is 2.05. The number of rotatable bonds is 2. The molecule has 0 saturated heterocycles. The lowest BCUT2D eigenvalue weighted by Gasteiger charge is -2.10. The van der Waals surface area contributed by atoms with Crippen LogP contribution in [0.5, 0.6) is 0 Å². The van der Waals surface area contributed by atoms with E-state index in [1.807, 2.05) is 32.0 Å². The second-order valence-corrected chi connectivity index (χ2v) is 3.14. The first kappa shape index (κ1) is 9.23. The smallest absolute Gasteiger partial charge is 0.0681 e. The van der Waals surface area contributed by atoms with Crippen LogP contribution in [-0.4, -0.2) is 5.11 Å². The lowest BCUT2D eigenvalue weighted by atomic mass is 10.0. The molecule has 12 heavy (non-hydrogen) atoms. The van der Waals surface area contributed by atoms with Crippen LogP contribution in [-0.2, 0) is 6.61 Å². The quantitative estimate of drug-likeness (QED) is 0.697. The van der Waals surface area contributed by atoms with Gasteiger partial charge in [-0.15, -0.1) is 0 Å². The van der Waals surface area contributed by atoms with Crippen LogP contribution in [0.1, 0.15) is 29.7 Å². The molecule has 1 unspecified atom stereocenters. The average molecular weight is 165 g/mol. The first-order valence-corrected chi connectivity index (χ1v) is 4.11. The Hall–Kier alpha value is -0.860. The third kappa shape index (κ3) is 1.84. The standard InChI is InChI=1S/C10H15NO/c1-7-3-4-9(6-12)5-10(7)8(2)11/h3-5,8,12H,6,11H2,1-2H3. The predicted octanol–water partition coefficient (Wildman–Crippen LogP) is 1.51. The molecule has 1 aromatic rings. The van der Waals surface area contributed by atoms with Gasteiger partial charge in [0.05, 0.1) is 6.61 Å². The van der Waals surface area contributed by atoms with Gasteiger partial charge < -0.3 is 10.8 Å². The Morgan fingerprint density at radius 3 is 2.67 bits per heavy atom. The second kappa shape index (κ2) is 3.70. The second-order valence-electron chi connectivity index (χ2n) is 3.14. The molecule has 0 bridgehead atoms. The van der Waals surface area contributed by atoms with Gasteiger partial charge in [-0.05, 0) is 30.5 Å². The van der Waals surface area contributed by atoms with E-state index in [4.69, 9.17) is 10.8 Å². The fourth-order valence-electron chi connectivity index (χ4n) is 1.28. The van der Waals surface area contributed by atoms with Crippen LogP contribution in [0.15, 0.2) is 18.2 Å². The first-order valence-electron chi connectivity index (χ1n) is 4.11. The maximum atomic E-state index is 8.89. The minimum absolute atomic E-state index is 0.0384. The van der Waals surface area contributed by atoms with E-state index >= 15 is 0 Å². The summed E-state index contributed by atoms with van der Waals surface area (Å²) in [7, 11) is 0. The highest BCUT2D eigenvalue weighted by molar-refractivity contribution is 5.32. The Bertz CT molecular complexity index is 269. The van der Waals surface area contributed by atoms with Gasteiger partial charge in [-0.1, -0.05) is 18.2 Å². The lowest BCUT2D eigenvalue weighted by Crippen LogP contribution is -2.07. The van der Waals surface area contributed by atoms with Crippen molar-refractivity contribution in [2.24, 2.45) is 5.73 Å². The molecule has 0 aliphatic carbocycles. The van der Waals surface area contributed by atoms with E-state index in [1.54, 1.807) is 0 Å². The van der Waals surface area contributed by atoms with Crippen molar-refractivity contribution in [3.05, 3.63) is 34.9 Å². The lowest BCUT2D eigenvalue weighted by molar-refractivity contribution is 0.281. The van der Waals surface area contributed by atoms with Gasteiger partial charge in [-0.25, -0.2) is 0 Å². The number of aryl methyl sites for hydroxylation is 1. The molecule has 0 aromatic heterocycles. The summed E-state index contributed by atoms with van der Waals surface area (Å²) in [5, 5.41) is 8.89. The van der Waals surface area contributed by atoms with Gasteiger partial charge in [-0.2, -0.15) is 0 Å². The summed E-state index contributed by atoms with van der Waals surface area (Å²) < 4.78 is 0. The van der Waals surface area contributed by atoms with Gasteiger partial charge in [0.1, 0.15) is 0 Å². The zero-order chi connectivity index (χ0) is 9.14. The summed E-state index contributed by atoms with van der Waals surface area (Å²) in [6, 6.07) is 5.90. The van der Waals surface area contributed by atoms with Crippen molar-refractivity contribution in [3.63, 3.8) is 0 Å². The summed E-state index contributed by atoms with van der Waals surface area (Å²) in [6.45, 7) is 4.06. The normalized spacial score (nSPS) is 13.0. The van der Waals surface area contributed by atoms with Crippen molar-refractivity contribution in [2.45, 2.75) is 26.5 Å². The molecule has 0 radical (unpaired) electrons. The van der Waals surface area contributed by atoms with Crippen LogP contribution in [0.2, 0.25) is 0 Å². The molecule has 0 aliphatic heterocycles. The molecule has 2 nitrogen and oxygen atoms in total. The fourth-order valence-corrected chi connectivity index (χ4v) is 1.28. The Morgan fingerprint density at radius 2 is 2.17 bits per heavy atom.